The number of carbonyl (C=O) groups excluding carboxylic acids is 2. The lowest BCUT2D eigenvalue weighted by Crippen LogP contribution is -2.28. The first kappa shape index (κ1) is 17.2. The molecule has 1 N–H and O–H groups in total. The summed E-state index contributed by atoms with van der Waals surface area (Å²) in [5.74, 6) is -0.404. The minimum atomic E-state index is -0.321. The third kappa shape index (κ3) is 3.58. The lowest BCUT2D eigenvalue weighted by molar-refractivity contribution is -0.122. The second kappa shape index (κ2) is 7.09. The van der Waals surface area contributed by atoms with Gasteiger partial charge in [-0.1, -0.05) is 31.2 Å². The van der Waals surface area contributed by atoms with Crippen LogP contribution in [-0.4, -0.2) is 18.4 Å². The van der Waals surface area contributed by atoms with Crippen molar-refractivity contribution in [2.75, 3.05) is 16.8 Å². The first-order valence-corrected chi connectivity index (χ1v) is 8.76. The fraction of sp³-hybridized carbons (Fsp3) is 0.333. The van der Waals surface area contributed by atoms with E-state index in [9.17, 15) is 9.59 Å². The Balaban J connectivity index is 1.71. The van der Waals surface area contributed by atoms with E-state index in [1.165, 1.54) is 5.56 Å². The van der Waals surface area contributed by atoms with Crippen LogP contribution >= 0.6 is 0 Å². The Kier molecular flexibility index (Phi) is 4.88. The zero-order chi connectivity index (χ0) is 18.0. The summed E-state index contributed by atoms with van der Waals surface area (Å²) in [6, 6.07) is 13.8. The molecule has 0 unspecified atom stereocenters. The van der Waals surface area contributed by atoms with Crippen LogP contribution in [0.2, 0.25) is 0 Å². The molecule has 1 aliphatic rings. The van der Waals surface area contributed by atoms with Crippen molar-refractivity contribution in [3.8, 4) is 0 Å². The molecule has 4 heteroatoms. The summed E-state index contributed by atoms with van der Waals surface area (Å²) in [5, 5.41) is 2.99. The Morgan fingerprint density at radius 1 is 1.16 bits per heavy atom. The molecule has 0 spiro atoms. The summed E-state index contributed by atoms with van der Waals surface area (Å²) >= 11 is 0. The van der Waals surface area contributed by atoms with Gasteiger partial charge in [0.25, 0.3) is 0 Å². The maximum absolute atomic E-state index is 12.6. The fourth-order valence-corrected chi connectivity index (χ4v) is 3.17. The predicted molar refractivity (Wildman–Crippen MR) is 101 cm³/mol. The highest BCUT2D eigenvalue weighted by atomic mass is 16.2. The Bertz CT molecular complexity index is 796. The Hall–Kier alpha value is -2.62. The van der Waals surface area contributed by atoms with Gasteiger partial charge < -0.3 is 10.2 Å². The summed E-state index contributed by atoms with van der Waals surface area (Å²) in [4.78, 5) is 26.7. The number of rotatable bonds is 4. The van der Waals surface area contributed by atoms with E-state index in [0.29, 0.717) is 6.54 Å². The highest BCUT2D eigenvalue weighted by Crippen LogP contribution is 2.27. The molecule has 0 bridgehead atoms. The summed E-state index contributed by atoms with van der Waals surface area (Å²) in [6.45, 7) is 6.54. The molecule has 0 radical (unpaired) electrons. The van der Waals surface area contributed by atoms with Crippen molar-refractivity contribution in [1.82, 2.24) is 0 Å². The normalized spacial score (nSPS) is 17.0. The van der Waals surface area contributed by atoms with Crippen molar-refractivity contribution >= 4 is 23.2 Å². The second-order valence-electron chi connectivity index (χ2n) is 6.66. The standard InChI is InChI=1S/C21H24N2O2/c1-4-16-8-10-18(11-9-16)23-13-17(12-20(23)24)21(25)22-19-7-5-6-14(2)15(19)3/h5-11,17H,4,12-13H2,1-3H3,(H,22,25)/t17-/m0/s1. The molecule has 1 fully saturated rings. The van der Waals surface area contributed by atoms with Gasteiger partial charge in [0, 0.05) is 24.3 Å². The van der Waals surface area contributed by atoms with Gasteiger partial charge in [0.1, 0.15) is 0 Å². The largest absolute Gasteiger partial charge is 0.326 e. The number of nitrogens with one attached hydrogen (secondary N) is 1. The molecule has 0 aliphatic carbocycles. The van der Waals surface area contributed by atoms with Gasteiger partial charge in [-0.15, -0.1) is 0 Å². The second-order valence-corrected chi connectivity index (χ2v) is 6.66. The Labute approximate surface area is 148 Å². The van der Waals surface area contributed by atoms with Crippen LogP contribution in [0.15, 0.2) is 42.5 Å². The topological polar surface area (TPSA) is 49.4 Å². The van der Waals surface area contributed by atoms with Gasteiger partial charge >= 0.3 is 0 Å². The number of carbonyl (C=O) groups is 2. The molecule has 0 aromatic heterocycles. The van der Waals surface area contributed by atoms with E-state index in [0.717, 1.165) is 28.9 Å². The van der Waals surface area contributed by atoms with E-state index in [-0.39, 0.29) is 24.2 Å². The van der Waals surface area contributed by atoms with Crippen molar-refractivity contribution in [2.45, 2.75) is 33.6 Å². The lowest BCUT2D eigenvalue weighted by atomic mass is 10.1. The van der Waals surface area contributed by atoms with Gasteiger partial charge in [-0.25, -0.2) is 0 Å². The molecule has 1 aliphatic heterocycles. The number of amides is 2. The van der Waals surface area contributed by atoms with Crippen LogP contribution in [0.25, 0.3) is 0 Å². The third-order valence-electron chi connectivity index (χ3n) is 5.01. The fourth-order valence-electron chi connectivity index (χ4n) is 3.17. The maximum Gasteiger partial charge on any atom is 0.229 e. The third-order valence-corrected chi connectivity index (χ3v) is 5.01. The number of aryl methyl sites for hydroxylation is 2. The summed E-state index contributed by atoms with van der Waals surface area (Å²) in [5.41, 5.74) is 5.12. The zero-order valence-corrected chi connectivity index (χ0v) is 15.0. The molecule has 2 amide bonds. The van der Waals surface area contributed by atoms with Crippen LogP contribution in [0.1, 0.15) is 30.0 Å². The van der Waals surface area contributed by atoms with Crippen LogP contribution in [0.4, 0.5) is 11.4 Å². The molecule has 4 nitrogen and oxygen atoms in total. The van der Waals surface area contributed by atoms with Gasteiger partial charge in [0.2, 0.25) is 11.8 Å². The molecule has 2 aromatic carbocycles. The van der Waals surface area contributed by atoms with Gasteiger partial charge in [0.15, 0.2) is 0 Å². The highest BCUT2D eigenvalue weighted by Gasteiger charge is 2.35. The predicted octanol–water partition coefficient (Wildman–Crippen LogP) is 3.86. The molecular weight excluding hydrogens is 312 g/mol. The van der Waals surface area contributed by atoms with E-state index in [2.05, 4.69) is 12.2 Å². The van der Waals surface area contributed by atoms with Gasteiger partial charge in [-0.3, -0.25) is 9.59 Å². The molecule has 1 atom stereocenters. The number of hydrogen-bond acceptors (Lipinski definition) is 2. The quantitative estimate of drug-likeness (QED) is 0.922. The van der Waals surface area contributed by atoms with Crippen molar-refractivity contribution < 1.29 is 9.59 Å². The minimum absolute atomic E-state index is 0.00497. The van der Waals surface area contributed by atoms with E-state index < -0.39 is 0 Å². The number of hydrogen-bond donors (Lipinski definition) is 1. The van der Waals surface area contributed by atoms with Crippen LogP contribution in [-0.2, 0) is 16.0 Å². The first-order chi connectivity index (χ1) is 12.0. The average molecular weight is 336 g/mol. The van der Waals surface area contributed by atoms with E-state index in [4.69, 9.17) is 0 Å². The number of nitrogens with zero attached hydrogens (tertiary/aromatic N) is 1. The Morgan fingerprint density at radius 3 is 2.56 bits per heavy atom. The molecular formula is C21H24N2O2. The maximum atomic E-state index is 12.6. The van der Waals surface area contributed by atoms with Crippen molar-refractivity contribution in [2.24, 2.45) is 5.92 Å². The van der Waals surface area contributed by atoms with Crippen molar-refractivity contribution in [1.29, 1.82) is 0 Å². The summed E-state index contributed by atoms with van der Waals surface area (Å²) in [7, 11) is 0. The first-order valence-electron chi connectivity index (χ1n) is 8.76. The number of anilines is 2. The summed E-state index contributed by atoms with van der Waals surface area (Å²) in [6.07, 6.45) is 1.22. The monoisotopic (exact) mass is 336 g/mol. The molecule has 0 saturated carbocycles. The van der Waals surface area contributed by atoms with Gasteiger partial charge in [-0.05, 0) is 55.2 Å². The zero-order valence-electron chi connectivity index (χ0n) is 15.0. The molecule has 2 aromatic rings. The Morgan fingerprint density at radius 2 is 1.88 bits per heavy atom. The van der Waals surface area contributed by atoms with Crippen molar-refractivity contribution in [3.63, 3.8) is 0 Å². The molecule has 25 heavy (non-hydrogen) atoms. The van der Waals surface area contributed by atoms with Gasteiger partial charge in [0.05, 0.1) is 5.92 Å². The minimum Gasteiger partial charge on any atom is -0.326 e. The smallest absolute Gasteiger partial charge is 0.229 e. The number of benzene rings is 2. The molecule has 1 saturated heterocycles. The lowest BCUT2D eigenvalue weighted by Gasteiger charge is -2.17. The van der Waals surface area contributed by atoms with Crippen molar-refractivity contribution in [3.05, 3.63) is 59.2 Å². The SMILES string of the molecule is CCc1ccc(N2C[C@@H](C(=O)Nc3cccc(C)c3C)CC2=O)cc1. The van der Waals surface area contributed by atoms with E-state index in [1.54, 1.807) is 4.90 Å². The van der Waals surface area contributed by atoms with Crippen LogP contribution in [0.3, 0.4) is 0 Å². The highest BCUT2D eigenvalue weighted by molar-refractivity contribution is 6.03. The van der Waals surface area contributed by atoms with E-state index in [1.807, 2.05) is 56.3 Å². The van der Waals surface area contributed by atoms with Crippen LogP contribution in [0.5, 0.6) is 0 Å². The summed E-state index contributed by atoms with van der Waals surface area (Å²) < 4.78 is 0. The van der Waals surface area contributed by atoms with Crippen LogP contribution in [0, 0.1) is 19.8 Å². The van der Waals surface area contributed by atoms with E-state index >= 15 is 0 Å². The molecule has 1 heterocycles. The van der Waals surface area contributed by atoms with Crippen LogP contribution < -0.4 is 10.2 Å². The average Bonchev–Trinajstić information content (AvgIpc) is 3.01. The van der Waals surface area contributed by atoms with Gasteiger partial charge in [-0.2, -0.15) is 0 Å². The molecule has 130 valence electrons. The molecule has 3 rings (SSSR count).